The maximum atomic E-state index is 13.8. The summed E-state index contributed by atoms with van der Waals surface area (Å²) >= 11 is 0. The summed E-state index contributed by atoms with van der Waals surface area (Å²) in [5.74, 6) is 2.08. The zero-order chi connectivity index (χ0) is 29.3. The van der Waals surface area contributed by atoms with Crippen molar-refractivity contribution in [2.75, 3.05) is 0 Å². The molecule has 4 saturated carbocycles. The lowest BCUT2D eigenvalue weighted by molar-refractivity contribution is -0.181. The lowest BCUT2D eigenvalue weighted by Crippen LogP contribution is -2.59. The van der Waals surface area contributed by atoms with Crippen LogP contribution in [0.25, 0.3) is 0 Å². The molecule has 3 heteroatoms. The van der Waals surface area contributed by atoms with Crippen molar-refractivity contribution in [1.29, 1.82) is 0 Å². The van der Waals surface area contributed by atoms with Crippen molar-refractivity contribution in [3.05, 3.63) is 35.4 Å². The lowest BCUT2D eigenvalue weighted by Gasteiger charge is -2.65. The van der Waals surface area contributed by atoms with Crippen molar-refractivity contribution in [1.82, 2.24) is 0 Å². The van der Waals surface area contributed by atoms with Crippen LogP contribution >= 0.6 is 0 Å². The fourth-order valence-corrected chi connectivity index (χ4v) is 10.2. The number of fused-ring (bicyclic) bond motifs is 5. The average molecular weight is 549 g/mol. The minimum Gasteiger partial charge on any atom is -0.462 e. The summed E-state index contributed by atoms with van der Waals surface area (Å²) < 4.78 is 6.42. The van der Waals surface area contributed by atoms with Gasteiger partial charge < -0.3 is 4.74 Å². The highest BCUT2D eigenvalue weighted by Crippen LogP contribution is 2.70. The van der Waals surface area contributed by atoms with Crippen LogP contribution in [0.1, 0.15) is 144 Å². The molecule has 222 valence electrons. The SMILES string of the molecule is CC(C)(C)CC(C(=O)O[C@H]1CC[C@@]2(C)C(CC[C@]3(C)[C@@H]2CC[C@]2(C)C(=O)CC[C@@H]32)C1)c1ccc(C(C)(C)C)cc1. The van der Waals surface area contributed by atoms with Gasteiger partial charge in [0.15, 0.2) is 0 Å². The molecule has 0 saturated heterocycles. The van der Waals surface area contributed by atoms with E-state index in [-0.39, 0.29) is 45.1 Å². The van der Waals surface area contributed by atoms with Crippen molar-refractivity contribution in [2.24, 2.45) is 39.4 Å². The molecule has 0 amide bonds. The van der Waals surface area contributed by atoms with Crippen LogP contribution in [0.3, 0.4) is 0 Å². The van der Waals surface area contributed by atoms with E-state index in [4.69, 9.17) is 4.74 Å². The van der Waals surface area contributed by atoms with E-state index in [1.54, 1.807) is 0 Å². The van der Waals surface area contributed by atoms with Crippen LogP contribution in [0.5, 0.6) is 0 Å². The van der Waals surface area contributed by atoms with Crippen LogP contribution in [0, 0.1) is 39.4 Å². The molecule has 4 aliphatic rings. The number of hydrogen-bond donors (Lipinski definition) is 0. The number of ketones is 1. The van der Waals surface area contributed by atoms with E-state index in [1.165, 1.54) is 24.8 Å². The third kappa shape index (κ3) is 5.11. The van der Waals surface area contributed by atoms with Crippen molar-refractivity contribution >= 4 is 11.8 Å². The maximum absolute atomic E-state index is 13.8. The fraction of sp³-hybridized carbons (Fsp3) is 0.784. The van der Waals surface area contributed by atoms with Crippen LogP contribution < -0.4 is 0 Å². The first kappa shape index (κ1) is 29.8. The van der Waals surface area contributed by atoms with Gasteiger partial charge in [0.05, 0.1) is 5.92 Å². The molecule has 0 heterocycles. The van der Waals surface area contributed by atoms with Crippen LogP contribution in [-0.2, 0) is 19.7 Å². The van der Waals surface area contributed by atoms with Gasteiger partial charge in [-0.2, -0.15) is 0 Å². The molecule has 3 nitrogen and oxygen atoms in total. The quantitative estimate of drug-likeness (QED) is 0.352. The van der Waals surface area contributed by atoms with Crippen LogP contribution in [-0.4, -0.2) is 17.9 Å². The zero-order valence-electron chi connectivity index (χ0n) is 27.0. The Labute approximate surface area is 244 Å². The van der Waals surface area contributed by atoms with Gasteiger partial charge in [0, 0.05) is 11.8 Å². The molecule has 0 spiro atoms. The highest BCUT2D eigenvalue weighted by molar-refractivity contribution is 5.87. The fourth-order valence-electron chi connectivity index (χ4n) is 10.2. The number of rotatable bonds is 4. The van der Waals surface area contributed by atoms with Crippen molar-refractivity contribution < 1.29 is 14.3 Å². The molecule has 4 fully saturated rings. The van der Waals surface area contributed by atoms with Gasteiger partial charge in [-0.25, -0.2) is 0 Å². The zero-order valence-corrected chi connectivity index (χ0v) is 27.0. The van der Waals surface area contributed by atoms with E-state index in [1.807, 2.05) is 0 Å². The highest BCUT2D eigenvalue weighted by Gasteiger charge is 2.65. The standard InChI is InChI=1S/C37H56O3/c1-33(2,3)23-28(24-10-12-25(13-11-24)34(4,5)6)32(39)40-27-17-20-35(7)26(22-27)16-19-36(8)29-14-15-31(38)37(29,9)21-18-30(35)36/h10-13,26-30H,14-23H2,1-9H3/t26?,27-,28?,29-,30+,35-,36-,37-/m0/s1. The summed E-state index contributed by atoms with van der Waals surface area (Å²) in [4.78, 5) is 26.7. The molecule has 0 radical (unpaired) electrons. The largest absolute Gasteiger partial charge is 0.462 e. The van der Waals surface area contributed by atoms with E-state index in [2.05, 4.69) is 86.6 Å². The van der Waals surface area contributed by atoms with Crippen LogP contribution in [0.2, 0.25) is 0 Å². The summed E-state index contributed by atoms with van der Waals surface area (Å²) in [6.45, 7) is 20.7. The van der Waals surface area contributed by atoms with Gasteiger partial charge in [-0.05, 0) is 108 Å². The van der Waals surface area contributed by atoms with Crippen LogP contribution in [0.4, 0.5) is 0 Å². The third-order valence-corrected chi connectivity index (χ3v) is 12.5. The first-order valence-electron chi connectivity index (χ1n) is 16.3. The van der Waals surface area contributed by atoms with Gasteiger partial charge >= 0.3 is 5.97 Å². The van der Waals surface area contributed by atoms with Crippen molar-refractivity contribution in [3.63, 3.8) is 0 Å². The Kier molecular flexibility index (Phi) is 7.44. The molecule has 2 unspecified atom stereocenters. The molecule has 0 aliphatic heterocycles. The van der Waals surface area contributed by atoms with E-state index in [9.17, 15) is 9.59 Å². The Balaban J connectivity index is 1.30. The first-order chi connectivity index (χ1) is 18.5. The summed E-state index contributed by atoms with van der Waals surface area (Å²) in [6, 6.07) is 8.69. The van der Waals surface area contributed by atoms with Crippen LogP contribution in [0.15, 0.2) is 24.3 Å². The number of hydrogen-bond acceptors (Lipinski definition) is 3. The predicted molar refractivity (Wildman–Crippen MR) is 163 cm³/mol. The average Bonchev–Trinajstić information content (AvgIpc) is 3.17. The predicted octanol–water partition coefficient (Wildman–Crippen LogP) is 9.42. The van der Waals surface area contributed by atoms with Crippen molar-refractivity contribution in [2.45, 2.75) is 144 Å². The topological polar surface area (TPSA) is 43.4 Å². The number of ether oxygens (including phenoxy) is 1. The molecule has 1 aromatic carbocycles. The van der Waals surface area contributed by atoms with Gasteiger partial charge in [0.1, 0.15) is 11.9 Å². The van der Waals surface area contributed by atoms with Gasteiger partial charge in [0.2, 0.25) is 0 Å². The van der Waals surface area contributed by atoms with Gasteiger partial charge in [0.25, 0.3) is 0 Å². The Morgan fingerprint density at radius 3 is 2.15 bits per heavy atom. The number of benzene rings is 1. The first-order valence-corrected chi connectivity index (χ1v) is 16.3. The third-order valence-electron chi connectivity index (χ3n) is 12.5. The number of carbonyl (C=O) groups is 2. The smallest absolute Gasteiger partial charge is 0.313 e. The molecule has 0 N–H and O–H groups in total. The Hall–Kier alpha value is -1.64. The molecule has 0 bridgehead atoms. The van der Waals surface area contributed by atoms with Gasteiger partial charge in [-0.1, -0.05) is 86.6 Å². The van der Waals surface area contributed by atoms with E-state index in [0.29, 0.717) is 23.5 Å². The highest BCUT2D eigenvalue weighted by atomic mass is 16.5. The lowest BCUT2D eigenvalue weighted by atomic mass is 9.40. The minimum atomic E-state index is -0.229. The summed E-state index contributed by atoms with van der Waals surface area (Å²) in [6.07, 6.45) is 10.5. The van der Waals surface area contributed by atoms with E-state index >= 15 is 0 Å². The van der Waals surface area contributed by atoms with E-state index in [0.717, 1.165) is 50.5 Å². The summed E-state index contributed by atoms with van der Waals surface area (Å²) in [5, 5.41) is 0. The second kappa shape index (κ2) is 9.98. The molecular formula is C37H56O3. The Bertz CT molecular complexity index is 1120. The molecule has 0 aromatic heterocycles. The maximum Gasteiger partial charge on any atom is 0.313 e. The number of esters is 1. The number of carbonyl (C=O) groups excluding carboxylic acids is 2. The Morgan fingerprint density at radius 2 is 1.52 bits per heavy atom. The second-order valence-electron chi connectivity index (χ2n) is 17.3. The Morgan fingerprint density at radius 1 is 0.875 bits per heavy atom. The molecule has 1 aromatic rings. The molecule has 40 heavy (non-hydrogen) atoms. The molecule has 4 aliphatic carbocycles. The van der Waals surface area contributed by atoms with E-state index < -0.39 is 0 Å². The summed E-state index contributed by atoms with van der Waals surface area (Å²) in [5.41, 5.74) is 2.96. The summed E-state index contributed by atoms with van der Waals surface area (Å²) in [7, 11) is 0. The number of Topliss-reactive ketones (excluding diaryl/α,β-unsaturated/α-hetero) is 1. The normalized spacial score (nSPS) is 38.7. The second-order valence-corrected chi connectivity index (χ2v) is 17.3. The van der Waals surface area contributed by atoms with Crippen molar-refractivity contribution in [3.8, 4) is 0 Å². The molecular weight excluding hydrogens is 492 g/mol. The molecule has 5 rings (SSSR count). The minimum absolute atomic E-state index is 0.0214. The molecule has 8 atom stereocenters. The van der Waals surface area contributed by atoms with Gasteiger partial charge in [-0.15, -0.1) is 0 Å². The van der Waals surface area contributed by atoms with Gasteiger partial charge in [-0.3, -0.25) is 9.59 Å². The monoisotopic (exact) mass is 548 g/mol.